The van der Waals surface area contributed by atoms with Crippen molar-refractivity contribution < 1.29 is 5.11 Å². The van der Waals surface area contributed by atoms with Crippen molar-refractivity contribution in [2.24, 2.45) is 0 Å². The van der Waals surface area contributed by atoms with E-state index in [2.05, 4.69) is 18.9 Å². The van der Waals surface area contributed by atoms with Gasteiger partial charge in [-0.2, -0.15) is 0 Å². The van der Waals surface area contributed by atoms with Gasteiger partial charge >= 0.3 is 0 Å². The third kappa shape index (κ3) is 7.03. The fourth-order valence-electron chi connectivity index (χ4n) is 1.26. The van der Waals surface area contributed by atoms with Gasteiger partial charge < -0.3 is 10.0 Å². The van der Waals surface area contributed by atoms with Crippen LogP contribution in [0.15, 0.2) is 0 Å². The van der Waals surface area contributed by atoms with E-state index in [4.69, 9.17) is 0 Å². The highest BCUT2D eigenvalue weighted by molar-refractivity contribution is 4.75. The predicted molar refractivity (Wildman–Crippen MR) is 60.0 cm³/mol. The van der Waals surface area contributed by atoms with Gasteiger partial charge in [0.15, 0.2) is 0 Å². The molecule has 1 rings (SSSR count). The Kier molecular flexibility index (Phi) is 11.8. The third-order valence-corrected chi connectivity index (χ3v) is 2.18. The molecule has 0 bridgehead atoms. The summed E-state index contributed by atoms with van der Waals surface area (Å²) >= 11 is 0. The first kappa shape index (κ1) is 15.4. The molecule has 0 aromatic rings. The minimum Gasteiger partial charge on any atom is -0.393 e. The SMILES string of the molecule is CC.CC.CC1CC(O)CCN1C. The third-order valence-electron chi connectivity index (χ3n) is 2.18. The van der Waals surface area contributed by atoms with E-state index < -0.39 is 0 Å². The van der Waals surface area contributed by atoms with Gasteiger partial charge in [-0.3, -0.25) is 0 Å². The zero-order valence-corrected chi connectivity index (χ0v) is 10.2. The Morgan fingerprint density at radius 1 is 1.15 bits per heavy atom. The largest absolute Gasteiger partial charge is 0.393 e. The zero-order chi connectivity index (χ0) is 10.9. The summed E-state index contributed by atoms with van der Waals surface area (Å²) in [7, 11) is 2.11. The van der Waals surface area contributed by atoms with Crippen molar-refractivity contribution in [2.75, 3.05) is 13.6 Å². The first-order valence-electron chi connectivity index (χ1n) is 5.58. The minimum absolute atomic E-state index is 0.0452. The lowest BCUT2D eigenvalue weighted by atomic mass is 10.0. The molecule has 0 aliphatic carbocycles. The zero-order valence-electron chi connectivity index (χ0n) is 10.2. The number of aliphatic hydroxyl groups is 1. The highest BCUT2D eigenvalue weighted by atomic mass is 16.3. The number of likely N-dealkylation sites (tertiary alicyclic amines) is 1. The maximum absolute atomic E-state index is 9.17. The summed E-state index contributed by atoms with van der Waals surface area (Å²) in [5.74, 6) is 0. The van der Waals surface area contributed by atoms with Crippen LogP contribution in [0.25, 0.3) is 0 Å². The molecular formula is C11H27NO. The van der Waals surface area contributed by atoms with E-state index in [1.165, 1.54) is 0 Å². The van der Waals surface area contributed by atoms with Crippen molar-refractivity contribution in [3.63, 3.8) is 0 Å². The van der Waals surface area contributed by atoms with Gasteiger partial charge in [0.1, 0.15) is 0 Å². The Hall–Kier alpha value is -0.0800. The van der Waals surface area contributed by atoms with E-state index in [9.17, 15) is 5.11 Å². The predicted octanol–water partition coefficient (Wildman–Crippen LogP) is 2.51. The molecule has 1 N–H and O–H groups in total. The van der Waals surface area contributed by atoms with E-state index >= 15 is 0 Å². The number of piperidine rings is 1. The van der Waals surface area contributed by atoms with Crippen LogP contribution < -0.4 is 0 Å². The molecule has 2 heteroatoms. The molecule has 1 aliphatic rings. The molecule has 0 aromatic carbocycles. The average Bonchev–Trinajstić information content (AvgIpc) is 2.18. The van der Waals surface area contributed by atoms with Crippen molar-refractivity contribution in [1.82, 2.24) is 4.90 Å². The van der Waals surface area contributed by atoms with Crippen LogP contribution >= 0.6 is 0 Å². The summed E-state index contributed by atoms with van der Waals surface area (Å²) in [6.45, 7) is 11.2. The number of hydrogen-bond acceptors (Lipinski definition) is 2. The summed E-state index contributed by atoms with van der Waals surface area (Å²) < 4.78 is 0. The Morgan fingerprint density at radius 3 is 1.92 bits per heavy atom. The lowest BCUT2D eigenvalue weighted by Gasteiger charge is -2.32. The minimum atomic E-state index is -0.0452. The first-order valence-corrected chi connectivity index (χ1v) is 5.58. The van der Waals surface area contributed by atoms with E-state index in [1.807, 2.05) is 27.7 Å². The number of rotatable bonds is 0. The van der Waals surface area contributed by atoms with Gasteiger partial charge in [0.05, 0.1) is 6.10 Å². The van der Waals surface area contributed by atoms with Gasteiger partial charge in [-0.1, -0.05) is 27.7 Å². The van der Waals surface area contributed by atoms with Crippen molar-refractivity contribution >= 4 is 0 Å². The van der Waals surface area contributed by atoms with E-state index in [0.717, 1.165) is 19.4 Å². The first-order chi connectivity index (χ1) is 6.20. The monoisotopic (exact) mass is 189 g/mol. The lowest BCUT2D eigenvalue weighted by molar-refractivity contribution is 0.0624. The number of aliphatic hydroxyl groups excluding tert-OH is 1. The maximum Gasteiger partial charge on any atom is 0.0567 e. The van der Waals surface area contributed by atoms with Gasteiger partial charge in [-0.15, -0.1) is 0 Å². The Labute approximate surface area is 83.9 Å². The van der Waals surface area contributed by atoms with Gasteiger partial charge in [-0.05, 0) is 26.8 Å². The van der Waals surface area contributed by atoms with Crippen LogP contribution in [0.5, 0.6) is 0 Å². The lowest BCUT2D eigenvalue weighted by Crippen LogP contribution is -2.39. The second-order valence-electron chi connectivity index (χ2n) is 3.01. The van der Waals surface area contributed by atoms with Crippen LogP contribution in [0, 0.1) is 0 Å². The topological polar surface area (TPSA) is 23.5 Å². The van der Waals surface area contributed by atoms with Crippen LogP contribution in [0.2, 0.25) is 0 Å². The number of nitrogens with zero attached hydrogens (tertiary/aromatic N) is 1. The quantitative estimate of drug-likeness (QED) is 0.633. The highest BCUT2D eigenvalue weighted by Crippen LogP contribution is 2.14. The second kappa shape index (κ2) is 10.0. The van der Waals surface area contributed by atoms with Crippen LogP contribution in [0.1, 0.15) is 47.5 Å². The molecule has 1 heterocycles. The van der Waals surface area contributed by atoms with Crippen molar-refractivity contribution in [1.29, 1.82) is 0 Å². The molecule has 1 aliphatic heterocycles. The molecule has 0 saturated carbocycles. The molecule has 2 atom stereocenters. The standard InChI is InChI=1S/C7H15NO.2C2H6/c1-6-5-7(9)3-4-8(6)2;2*1-2/h6-7,9H,3-5H2,1-2H3;2*1-2H3. The van der Waals surface area contributed by atoms with Crippen molar-refractivity contribution in [3.8, 4) is 0 Å². The van der Waals surface area contributed by atoms with Gasteiger partial charge in [-0.25, -0.2) is 0 Å². The smallest absolute Gasteiger partial charge is 0.0567 e. The Balaban J connectivity index is 0. The van der Waals surface area contributed by atoms with Crippen LogP contribution in [0.3, 0.4) is 0 Å². The molecule has 0 amide bonds. The maximum atomic E-state index is 9.17. The summed E-state index contributed by atoms with van der Waals surface area (Å²) in [6, 6.07) is 0.564. The van der Waals surface area contributed by atoms with E-state index in [-0.39, 0.29) is 6.10 Å². The van der Waals surface area contributed by atoms with Crippen molar-refractivity contribution in [3.05, 3.63) is 0 Å². The van der Waals surface area contributed by atoms with E-state index in [0.29, 0.717) is 6.04 Å². The molecule has 2 unspecified atom stereocenters. The highest BCUT2D eigenvalue weighted by Gasteiger charge is 2.19. The van der Waals surface area contributed by atoms with Gasteiger partial charge in [0, 0.05) is 12.6 Å². The molecule has 1 saturated heterocycles. The molecular weight excluding hydrogens is 162 g/mol. The van der Waals surface area contributed by atoms with Crippen LogP contribution in [-0.2, 0) is 0 Å². The molecule has 0 aromatic heterocycles. The van der Waals surface area contributed by atoms with E-state index in [1.54, 1.807) is 0 Å². The molecule has 2 nitrogen and oxygen atoms in total. The molecule has 0 spiro atoms. The second-order valence-corrected chi connectivity index (χ2v) is 3.01. The summed E-state index contributed by atoms with van der Waals surface area (Å²) in [6.07, 6.45) is 1.84. The molecule has 0 radical (unpaired) electrons. The van der Waals surface area contributed by atoms with Gasteiger partial charge in [0.2, 0.25) is 0 Å². The normalized spacial score (nSPS) is 27.9. The van der Waals surface area contributed by atoms with Gasteiger partial charge in [0.25, 0.3) is 0 Å². The molecule has 82 valence electrons. The summed E-state index contributed by atoms with van der Waals surface area (Å²) in [5.41, 5.74) is 0. The Bertz CT molecular complexity index is 96.1. The molecule has 1 fully saturated rings. The van der Waals surface area contributed by atoms with Crippen LogP contribution in [0.4, 0.5) is 0 Å². The molecule has 13 heavy (non-hydrogen) atoms. The fraction of sp³-hybridized carbons (Fsp3) is 1.00. The summed E-state index contributed by atoms with van der Waals surface area (Å²) in [5, 5.41) is 9.17. The average molecular weight is 189 g/mol. The van der Waals surface area contributed by atoms with Crippen molar-refractivity contribution in [2.45, 2.75) is 59.6 Å². The number of hydrogen-bond donors (Lipinski definition) is 1. The Morgan fingerprint density at radius 2 is 1.62 bits per heavy atom. The fourth-order valence-corrected chi connectivity index (χ4v) is 1.26. The van der Waals surface area contributed by atoms with Crippen LogP contribution in [-0.4, -0.2) is 35.7 Å². The summed E-state index contributed by atoms with van der Waals surface area (Å²) in [4.78, 5) is 2.28.